The van der Waals surface area contributed by atoms with E-state index >= 15 is 0 Å². The lowest BCUT2D eigenvalue weighted by Gasteiger charge is -2.23. The third-order valence-corrected chi connectivity index (χ3v) is 4.22. The predicted molar refractivity (Wildman–Crippen MR) is 73.1 cm³/mol. The molecule has 3 rings (SSSR count). The number of hydrogen-bond donors (Lipinski definition) is 0. The van der Waals surface area contributed by atoms with Crippen LogP contribution in [0.1, 0.15) is 30.0 Å². The van der Waals surface area contributed by atoms with Gasteiger partial charge in [0.05, 0.1) is 0 Å². The molecule has 1 saturated heterocycles. The molecule has 0 N–H and O–H groups in total. The Bertz CT molecular complexity index is 449. The standard InChI is InChI=1S/C15H17NS/c1-2-5-13(6-3-1)11-16-9-4-7-15(16)14-8-10-17-12-14/h1-3,5-6,8,10,12,15H,4,7,9,11H2/t15-/m1/s1. The SMILES string of the molecule is c1ccc(CN2CCC[C@@H]2c2ccsc2)cc1. The minimum Gasteiger partial charge on any atom is -0.292 e. The van der Waals surface area contributed by atoms with Gasteiger partial charge < -0.3 is 0 Å². The lowest BCUT2D eigenvalue weighted by molar-refractivity contribution is 0.249. The number of rotatable bonds is 3. The molecule has 1 atom stereocenters. The second kappa shape index (κ2) is 5.03. The maximum absolute atomic E-state index is 2.61. The summed E-state index contributed by atoms with van der Waals surface area (Å²) in [6.45, 7) is 2.32. The molecule has 1 nitrogen and oxygen atoms in total. The first-order valence-corrected chi connectivity index (χ1v) is 7.18. The van der Waals surface area contributed by atoms with Gasteiger partial charge in [0.25, 0.3) is 0 Å². The normalized spacial score (nSPS) is 20.8. The minimum absolute atomic E-state index is 0.640. The van der Waals surface area contributed by atoms with Gasteiger partial charge in [-0.2, -0.15) is 11.3 Å². The molecule has 0 saturated carbocycles. The summed E-state index contributed by atoms with van der Waals surface area (Å²) in [6.07, 6.45) is 2.64. The quantitative estimate of drug-likeness (QED) is 0.785. The van der Waals surface area contributed by atoms with Gasteiger partial charge >= 0.3 is 0 Å². The summed E-state index contributed by atoms with van der Waals surface area (Å²) in [5.74, 6) is 0. The number of benzene rings is 1. The van der Waals surface area contributed by atoms with Crippen molar-refractivity contribution < 1.29 is 0 Å². The molecule has 0 bridgehead atoms. The van der Waals surface area contributed by atoms with E-state index in [2.05, 4.69) is 52.1 Å². The van der Waals surface area contributed by atoms with Gasteiger partial charge in [0.15, 0.2) is 0 Å². The van der Waals surface area contributed by atoms with Crippen molar-refractivity contribution in [2.45, 2.75) is 25.4 Å². The fourth-order valence-corrected chi connectivity index (χ4v) is 3.38. The average molecular weight is 243 g/mol. The van der Waals surface area contributed by atoms with E-state index in [0.717, 1.165) is 6.54 Å². The van der Waals surface area contributed by atoms with Crippen LogP contribution in [0, 0.1) is 0 Å². The first kappa shape index (κ1) is 11.0. The molecule has 17 heavy (non-hydrogen) atoms. The van der Waals surface area contributed by atoms with E-state index in [-0.39, 0.29) is 0 Å². The van der Waals surface area contributed by atoms with E-state index in [1.807, 2.05) is 11.3 Å². The van der Waals surface area contributed by atoms with E-state index in [1.165, 1.54) is 30.5 Å². The molecule has 1 aromatic heterocycles. The zero-order chi connectivity index (χ0) is 11.5. The summed E-state index contributed by atoms with van der Waals surface area (Å²) >= 11 is 1.81. The maximum atomic E-state index is 2.61. The molecule has 1 fully saturated rings. The highest BCUT2D eigenvalue weighted by atomic mass is 32.1. The number of nitrogens with zero attached hydrogens (tertiary/aromatic N) is 1. The van der Waals surface area contributed by atoms with Crippen LogP contribution in [-0.4, -0.2) is 11.4 Å². The van der Waals surface area contributed by atoms with Crippen LogP contribution >= 0.6 is 11.3 Å². The predicted octanol–water partition coefficient (Wildman–Crippen LogP) is 4.09. The molecular weight excluding hydrogens is 226 g/mol. The highest BCUT2D eigenvalue weighted by molar-refractivity contribution is 7.07. The zero-order valence-corrected chi connectivity index (χ0v) is 10.7. The molecule has 2 aromatic rings. The van der Waals surface area contributed by atoms with Crippen molar-refractivity contribution in [3.8, 4) is 0 Å². The van der Waals surface area contributed by atoms with Gasteiger partial charge in [-0.1, -0.05) is 30.3 Å². The van der Waals surface area contributed by atoms with Gasteiger partial charge in [0.2, 0.25) is 0 Å². The van der Waals surface area contributed by atoms with Gasteiger partial charge in [-0.05, 0) is 47.3 Å². The molecule has 0 spiro atoms. The monoisotopic (exact) mass is 243 g/mol. The van der Waals surface area contributed by atoms with Crippen molar-refractivity contribution in [1.82, 2.24) is 4.90 Å². The minimum atomic E-state index is 0.640. The van der Waals surface area contributed by atoms with E-state index in [4.69, 9.17) is 0 Å². The topological polar surface area (TPSA) is 3.24 Å². The molecule has 0 unspecified atom stereocenters. The number of likely N-dealkylation sites (tertiary alicyclic amines) is 1. The first-order valence-electron chi connectivity index (χ1n) is 6.23. The molecule has 1 aromatic carbocycles. The van der Waals surface area contributed by atoms with Gasteiger partial charge in [-0.3, -0.25) is 4.90 Å². The van der Waals surface area contributed by atoms with Crippen molar-refractivity contribution >= 4 is 11.3 Å². The van der Waals surface area contributed by atoms with E-state index in [0.29, 0.717) is 6.04 Å². The zero-order valence-electron chi connectivity index (χ0n) is 9.88. The fourth-order valence-electron chi connectivity index (χ4n) is 2.68. The van der Waals surface area contributed by atoms with Crippen LogP contribution in [0.4, 0.5) is 0 Å². The Morgan fingerprint density at radius 3 is 2.82 bits per heavy atom. The Balaban J connectivity index is 1.75. The maximum Gasteiger partial charge on any atom is 0.0360 e. The Labute approximate surface area is 107 Å². The van der Waals surface area contributed by atoms with Crippen molar-refractivity contribution in [2.24, 2.45) is 0 Å². The Morgan fingerprint density at radius 2 is 2.06 bits per heavy atom. The lowest BCUT2D eigenvalue weighted by Crippen LogP contribution is -2.22. The lowest BCUT2D eigenvalue weighted by atomic mass is 10.1. The van der Waals surface area contributed by atoms with Crippen molar-refractivity contribution in [3.05, 3.63) is 58.3 Å². The van der Waals surface area contributed by atoms with Crippen molar-refractivity contribution in [3.63, 3.8) is 0 Å². The van der Waals surface area contributed by atoms with Crippen molar-refractivity contribution in [1.29, 1.82) is 0 Å². The second-order valence-corrected chi connectivity index (χ2v) is 5.45. The molecule has 1 aliphatic heterocycles. The van der Waals surface area contributed by atoms with Crippen LogP contribution in [-0.2, 0) is 6.54 Å². The van der Waals surface area contributed by atoms with E-state index in [9.17, 15) is 0 Å². The summed E-state index contributed by atoms with van der Waals surface area (Å²) in [4.78, 5) is 2.61. The summed E-state index contributed by atoms with van der Waals surface area (Å²) in [6, 6.07) is 13.7. The molecule has 1 aliphatic rings. The van der Waals surface area contributed by atoms with Gasteiger partial charge in [-0.15, -0.1) is 0 Å². The third kappa shape index (κ3) is 2.43. The fraction of sp³-hybridized carbons (Fsp3) is 0.333. The average Bonchev–Trinajstić information content (AvgIpc) is 3.00. The van der Waals surface area contributed by atoms with Gasteiger partial charge in [0, 0.05) is 12.6 Å². The highest BCUT2D eigenvalue weighted by Crippen LogP contribution is 2.33. The van der Waals surface area contributed by atoms with Crippen LogP contribution < -0.4 is 0 Å². The second-order valence-electron chi connectivity index (χ2n) is 4.67. The summed E-state index contributed by atoms with van der Waals surface area (Å²) in [5, 5.41) is 4.49. The summed E-state index contributed by atoms with van der Waals surface area (Å²) in [7, 11) is 0. The molecule has 2 heteroatoms. The van der Waals surface area contributed by atoms with Crippen LogP contribution in [0.5, 0.6) is 0 Å². The Morgan fingerprint density at radius 1 is 1.18 bits per heavy atom. The van der Waals surface area contributed by atoms with Gasteiger partial charge in [-0.25, -0.2) is 0 Å². The van der Waals surface area contributed by atoms with Crippen LogP contribution in [0.3, 0.4) is 0 Å². The van der Waals surface area contributed by atoms with Gasteiger partial charge in [0.1, 0.15) is 0 Å². The van der Waals surface area contributed by atoms with Crippen LogP contribution in [0.25, 0.3) is 0 Å². The highest BCUT2D eigenvalue weighted by Gasteiger charge is 2.25. The Kier molecular flexibility index (Phi) is 3.25. The molecule has 0 amide bonds. The largest absolute Gasteiger partial charge is 0.292 e. The smallest absolute Gasteiger partial charge is 0.0360 e. The van der Waals surface area contributed by atoms with E-state index in [1.54, 1.807) is 0 Å². The molecule has 0 aliphatic carbocycles. The third-order valence-electron chi connectivity index (χ3n) is 3.52. The summed E-state index contributed by atoms with van der Waals surface area (Å²) < 4.78 is 0. The molecule has 88 valence electrons. The first-order chi connectivity index (χ1) is 8.43. The summed E-state index contributed by atoms with van der Waals surface area (Å²) in [5.41, 5.74) is 2.93. The number of thiophene rings is 1. The van der Waals surface area contributed by atoms with E-state index < -0.39 is 0 Å². The van der Waals surface area contributed by atoms with Crippen molar-refractivity contribution in [2.75, 3.05) is 6.54 Å². The molecule has 2 heterocycles. The number of hydrogen-bond acceptors (Lipinski definition) is 2. The van der Waals surface area contributed by atoms with Crippen LogP contribution in [0.2, 0.25) is 0 Å². The molecular formula is C15H17NS. The van der Waals surface area contributed by atoms with Crippen LogP contribution in [0.15, 0.2) is 47.2 Å². The Hall–Kier alpha value is -1.12. The molecule has 0 radical (unpaired) electrons.